The van der Waals surface area contributed by atoms with Crippen LogP contribution in [0, 0.1) is 5.82 Å². The molecule has 1 amide bonds. The van der Waals surface area contributed by atoms with Gasteiger partial charge in [-0.1, -0.05) is 12.1 Å². The Kier molecular flexibility index (Phi) is 7.01. The topological polar surface area (TPSA) is 75.7 Å². The average Bonchev–Trinajstić information content (AvgIpc) is 2.61. The number of hydrogen-bond acceptors (Lipinski definition) is 4. The number of halogens is 1. The van der Waals surface area contributed by atoms with Crippen molar-refractivity contribution in [2.75, 3.05) is 17.5 Å². The van der Waals surface area contributed by atoms with Gasteiger partial charge in [0.1, 0.15) is 17.3 Å². The summed E-state index contributed by atoms with van der Waals surface area (Å²) in [5.41, 5.74) is 1.06. The molecule has 0 saturated heterocycles. The van der Waals surface area contributed by atoms with Crippen LogP contribution in [0.2, 0.25) is 0 Å². The molecule has 0 aliphatic heterocycles. The van der Waals surface area contributed by atoms with E-state index >= 15 is 0 Å². The summed E-state index contributed by atoms with van der Waals surface area (Å²) in [6.45, 7) is 5.54. The third-order valence-electron chi connectivity index (χ3n) is 4.14. The van der Waals surface area contributed by atoms with E-state index in [1.165, 1.54) is 24.1 Å². The van der Waals surface area contributed by atoms with Gasteiger partial charge in [0, 0.05) is 12.7 Å². The van der Waals surface area contributed by atoms with Crippen LogP contribution in [0.15, 0.2) is 48.5 Å². The maximum atomic E-state index is 13.1. The number of rotatable bonds is 8. The van der Waals surface area contributed by atoms with E-state index in [9.17, 15) is 17.6 Å². The SMILES string of the molecule is CC(C)Oc1ccc(NS(=O)(=O)CC(=O)N(C)[C@H](C)c2ccc(F)cc2)cc1. The third kappa shape index (κ3) is 6.23. The molecule has 0 bridgehead atoms. The fourth-order valence-corrected chi connectivity index (χ4v) is 3.63. The summed E-state index contributed by atoms with van der Waals surface area (Å²) in [4.78, 5) is 13.7. The molecule has 0 saturated carbocycles. The molecule has 0 radical (unpaired) electrons. The fraction of sp³-hybridized carbons (Fsp3) is 0.350. The van der Waals surface area contributed by atoms with Crippen LogP contribution < -0.4 is 9.46 Å². The van der Waals surface area contributed by atoms with Crippen LogP contribution in [-0.2, 0) is 14.8 Å². The van der Waals surface area contributed by atoms with Crippen molar-refractivity contribution in [3.8, 4) is 5.75 Å². The summed E-state index contributed by atoms with van der Waals surface area (Å²) in [5.74, 6) is -1.01. The lowest BCUT2D eigenvalue weighted by molar-refractivity contribution is -0.129. The molecule has 0 unspecified atom stereocenters. The van der Waals surface area contributed by atoms with Crippen molar-refractivity contribution in [1.82, 2.24) is 4.90 Å². The minimum absolute atomic E-state index is 0.0128. The number of nitrogens with one attached hydrogen (secondary N) is 1. The minimum atomic E-state index is -3.88. The maximum absolute atomic E-state index is 13.1. The van der Waals surface area contributed by atoms with Gasteiger partial charge in [0.15, 0.2) is 0 Å². The summed E-state index contributed by atoms with van der Waals surface area (Å²) in [6.07, 6.45) is 0.0128. The maximum Gasteiger partial charge on any atom is 0.241 e. The van der Waals surface area contributed by atoms with Crippen molar-refractivity contribution in [1.29, 1.82) is 0 Å². The number of nitrogens with zero attached hydrogens (tertiary/aromatic N) is 1. The molecule has 152 valence electrons. The standard InChI is InChI=1S/C20H25FN2O4S/c1-14(2)27-19-11-9-18(10-12-19)22-28(25,26)13-20(24)23(4)15(3)16-5-7-17(21)8-6-16/h5-12,14-15,22H,13H2,1-4H3/t15-/m1/s1. The molecule has 6 nitrogen and oxygen atoms in total. The van der Waals surface area contributed by atoms with Gasteiger partial charge in [-0.2, -0.15) is 0 Å². The van der Waals surface area contributed by atoms with Gasteiger partial charge in [-0.05, 0) is 62.7 Å². The number of ether oxygens (including phenoxy) is 1. The lowest BCUT2D eigenvalue weighted by Crippen LogP contribution is -2.36. The van der Waals surface area contributed by atoms with Crippen LogP contribution in [0.4, 0.5) is 10.1 Å². The van der Waals surface area contributed by atoms with Crippen LogP contribution in [0.5, 0.6) is 5.75 Å². The van der Waals surface area contributed by atoms with Gasteiger partial charge in [-0.3, -0.25) is 9.52 Å². The van der Waals surface area contributed by atoms with Gasteiger partial charge in [-0.25, -0.2) is 12.8 Å². The molecule has 2 rings (SSSR count). The van der Waals surface area contributed by atoms with Crippen LogP contribution in [0.3, 0.4) is 0 Å². The molecular formula is C20H25FN2O4S. The Morgan fingerprint density at radius 3 is 2.18 bits per heavy atom. The highest BCUT2D eigenvalue weighted by atomic mass is 32.2. The van der Waals surface area contributed by atoms with E-state index in [1.54, 1.807) is 43.3 Å². The van der Waals surface area contributed by atoms with Gasteiger partial charge in [0.2, 0.25) is 15.9 Å². The van der Waals surface area contributed by atoms with Gasteiger partial charge in [-0.15, -0.1) is 0 Å². The van der Waals surface area contributed by atoms with Crippen molar-refractivity contribution in [2.45, 2.75) is 32.9 Å². The lowest BCUT2D eigenvalue weighted by Gasteiger charge is -2.25. The Morgan fingerprint density at radius 2 is 1.64 bits per heavy atom. The molecule has 0 aliphatic carbocycles. The van der Waals surface area contributed by atoms with E-state index in [1.807, 2.05) is 13.8 Å². The predicted octanol–water partition coefficient (Wildman–Crippen LogP) is 3.57. The highest BCUT2D eigenvalue weighted by molar-refractivity contribution is 7.93. The molecule has 0 aliphatic rings. The summed E-state index contributed by atoms with van der Waals surface area (Å²) < 4.78 is 45.6. The monoisotopic (exact) mass is 408 g/mol. The Balaban J connectivity index is 2.00. The molecule has 2 aromatic carbocycles. The van der Waals surface area contributed by atoms with Crippen LogP contribution in [0.1, 0.15) is 32.4 Å². The van der Waals surface area contributed by atoms with E-state index in [2.05, 4.69) is 4.72 Å². The molecule has 1 N–H and O–H groups in total. The number of anilines is 1. The van der Waals surface area contributed by atoms with Crippen molar-refractivity contribution >= 4 is 21.6 Å². The molecule has 8 heteroatoms. The molecule has 0 fully saturated rings. The first-order valence-corrected chi connectivity index (χ1v) is 10.5. The van der Waals surface area contributed by atoms with E-state index in [4.69, 9.17) is 4.74 Å². The molecular weight excluding hydrogens is 383 g/mol. The Labute approximate surface area is 165 Å². The molecule has 0 heterocycles. The first-order valence-electron chi connectivity index (χ1n) is 8.86. The quantitative estimate of drug-likeness (QED) is 0.725. The Morgan fingerprint density at radius 1 is 1.07 bits per heavy atom. The van der Waals surface area contributed by atoms with E-state index in [0.717, 1.165) is 0 Å². The first-order chi connectivity index (χ1) is 13.1. The second kappa shape index (κ2) is 9.05. The third-order valence-corrected chi connectivity index (χ3v) is 5.31. The second-order valence-electron chi connectivity index (χ2n) is 6.78. The van der Waals surface area contributed by atoms with Crippen molar-refractivity contribution in [2.24, 2.45) is 0 Å². The van der Waals surface area contributed by atoms with E-state index < -0.39 is 27.7 Å². The number of amides is 1. The molecule has 0 aromatic heterocycles. The second-order valence-corrected chi connectivity index (χ2v) is 8.51. The normalized spacial score (nSPS) is 12.5. The smallest absolute Gasteiger partial charge is 0.241 e. The number of hydrogen-bond donors (Lipinski definition) is 1. The Hall–Kier alpha value is -2.61. The molecule has 0 spiro atoms. The predicted molar refractivity (Wildman–Crippen MR) is 107 cm³/mol. The summed E-state index contributed by atoms with van der Waals surface area (Å²) >= 11 is 0. The lowest BCUT2D eigenvalue weighted by atomic mass is 10.1. The fourth-order valence-electron chi connectivity index (χ4n) is 2.53. The summed E-state index contributed by atoms with van der Waals surface area (Å²) in [5, 5.41) is 0. The first kappa shape index (κ1) is 21.7. The average molecular weight is 408 g/mol. The van der Waals surface area contributed by atoms with E-state index in [-0.39, 0.29) is 11.9 Å². The number of sulfonamides is 1. The molecule has 28 heavy (non-hydrogen) atoms. The van der Waals surface area contributed by atoms with Crippen LogP contribution >= 0.6 is 0 Å². The minimum Gasteiger partial charge on any atom is -0.491 e. The molecule has 1 atom stereocenters. The zero-order valence-corrected chi connectivity index (χ0v) is 17.2. The zero-order chi connectivity index (χ0) is 20.9. The number of carbonyl (C=O) groups is 1. The Bertz CT molecular complexity index is 897. The zero-order valence-electron chi connectivity index (χ0n) is 16.3. The van der Waals surface area contributed by atoms with Crippen molar-refractivity contribution in [3.05, 3.63) is 59.9 Å². The largest absolute Gasteiger partial charge is 0.491 e. The highest BCUT2D eigenvalue weighted by Crippen LogP contribution is 2.21. The summed E-state index contributed by atoms with van der Waals surface area (Å²) in [7, 11) is -2.36. The van der Waals surface area contributed by atoms with Gasteiger partial charge >= 0.3 is 0 Å². The highest BCUT2D eigenvalue weighted by Gasteiger charge is 2.23. The van der Waals surface area contributed by atoms with Crippen LogP contribution in [-0.4, -0.2) is 38.1 Å². The van der Waals surface area contributed by atoms with Gasteiger partial charge in [0.05, 0.1) is 12.1 Å². The van der Waals surface area contributed by atoms with Crippen molar-refractivity contribution < 1.29 is 22.3 Å². The molecule has 2 aromatic rings. The number of benzene rings is 2. The van der Waals surface area contributed by atoms with E-state index in [0.29, 0.717) is 17.0 Å². The van der Waals surface area contributed by atoms with Crippen molar-refractivity contribution in [3.63, 3.8) is 0 Å². The van der Waals surface area contributed by atoms with Crippen LogP contribution in [0.25, 0.3) is 0 Å². The number of carbonyl (C=O) groups excluding carboxylic acids is 1. The van der Waals surface area contributed by atoms with Gasteiger partial charge in [0.25, 0.3) is 0 Å². The van der Waals surface area contributed by atoms with Gasteiger partial charge < -0.3 is 9.64 Å². The summed E-state index contributed by atoms with van der Waals surface area (Å²) in [6, 6.07) is 11.8.